The number of rotatable bonds is 5. The zero-order chi connectivity index (χ0) is 13.7. The average Bonchev–Trinajstić information content (AvgIpc) is 2.48. The van der Waals surface area contributed by atoms with Gasteiger partial charge in [-0.1, -0.05) is 25.1 Å². The summed E-state index contributed by atoms with van der Waals surface area (Å²) in [5.74, 6) is 0.980. The first-order valence-electron chi connectivity index (χ1n) is 7.36. The number of ether oxygens (including phenoxy) is 1. The monoisotopic (exact) mass is 262 g/mol. The fourth-order valence-corrected chi connectivity index (χ4v) is 2.88. The lowest BCUT2D eigenvalue weighted by atomic mass is 10.0. The Morgan fingerprint density at radius 1 is 1.32 bits per heavy atom. The summed E-state index contributed by atoms with van der Waals surface area (Å²) >= 11 is 0. The minimum atomic E-state index is 0.342. The van der Waals surface area contributed by atoms with E-state index in [-0.39, 0.29) is 0 Å². The van der Waals surface area contributed by atoms with Gasteiger partial charge in [-0.25, -0.2) is 0 Å². The van der Waals surface area contributed by atoms with Crippen molar-refractivity contribution >= 4 is 0 Å². The standard InChI is InChI=1S/C16H26N2O/c1-4-18-11-9-14(10-12-18)17-13(2)15-7-5-6-8-16(15)19-3/h5-8,13-14,17H,4,9-12H2,1-3H3/t13-/m1/s1. The first-order valence-corrected chi connectivity index (χ1v) is 7.36. The van der Waals surface area contributed by atoms with E-state index in [1.54, 1.807) is 7.11 Å². The molecule has 0 aromatic heterocycles. The Kier molecular flexibility index (Phi) is 5.23. The average molecular weight is 262 g/mol. The van der Waals surface area contributed by atoms with Crippen LogP contribution in [-0.2, 0) is 0 Å². The molecule has 1 fully saturated rings. The van der Waals surface area contributed by atoms with Crippen molar-refractivity contribution in [3.63, 3.8) is 0 Å². The van der Waals surface area contributed by atoms with Crippen molar-refractivity contribution in [1.82, 2.24) is 10.2 Å². The lowest BCUT2D eigenvalue weighted by Gasteiger charge is -2.33. The largest absolute Gasteiger partial charge is 0.496 e. The number of nitrogens with one attached hydrogen (secondary N) is 1. The highest BCUT2D eigenvalue weighted by Crippen LogP contribution is 2.25. The van der Waals surface area contributed by atoms with E-state index in [1.807, 2.05) is 12.1 Å². The predicted molar refractivity (Wildman–Crippen MR) is 79.7 cm³/mol. The summed E-state index contributed by atoms with van der Waals surface area (Å²) in [5, 5.41) is 3.75. The molecular weight excluding hydrogens is 236 g/mol. The molecule has 1 aromatic rings. The Labute approximate surface area is 116 Å². The minimum absolute atomic E-state index is 0.342. The van der Waals surface area contributed by atoms with Gasteiger partial charge >= 0.3 is 0 Å². The van der Waals surface area contributed by atoms with Crippen LogP contribution in [0.2, 0.25) is 0 Å². The fraction of sp³-hybridized carbons (Fsp3) is 0.625. The van der Waals surface area contributed by atoms with E-state index in [0.717, 1.165) is 5.75 Å². The highest BCUT2D eigenvalue weighted by Gasteiger charge is 2.20. The predicted octanol–water partition coefficient (Wildman–Crippen LogP) is 2.83. The molecule has 1 aromatic carbocycles. The fourth-order valence-electron chi connectivity index (χ4n) is 2.88. The van der Waals surface area contributed by atoms with Crippen LogP contribution in [-0.4, -0.2) is 37.7 Å². The molecule has 0 spiro atoms. The van der Waals surface area contributed by atoms with E-state index in [1.165, 1.54) is 38.0 Å². The molecule has 106 valence electrons. The van der Waals surface area contributed by atoms with Crippen LogP contribution in [0.3, 0.4) is 0 Å². The van der Waals surface area contributed by atoms with Gasteiger partial charge < -0.3 is 15.0 Å². The molecule has 1 aliphatic rings. The van der Waals surface area contributed by atoms with Crippen LogP contribution in [0.1, 0.15) is 38.3 Å². The molecule has 19 heavy (non-hydrogen) atoms. The molecule has 1 saturated heterocycles. The summed E-state index contributed by atoms with van der Waals surface area (Å²) in [6.07, 6.45) is 2.49. The Bertz CT molecular complexity index is 386. The van der Waals surface area contributed by atoms with Gasteiger partial charge in [-0.05, 0) is 45.5 Å². The first kappa shape index (κ1) is 14.4. The van der Waals surface area contributed by atoms with Gasteiger partial charge in [0.05, 0.1) is 7.11 Å². The molecule has 0 bridgehead atoms. The van der Waals surface area contributed by atoms with E-state index in [9.17, 15) is 0 Å². The number of methoxy groups -OCH3 is 1. The van der Waals surface area contributed by atoms with Crippen molar-refractivity contribution in [2.75, 3.05) is 26.7 Å². The quantitative estimate of drug-likeness (QED) is 0.883. The third kappa shape index (κ3) is 3.71. The molecule has 2 rings (SSSR count). The maximum atomic E-state index is 5.44. The van der Waals surface area contributed by atoms with Crippen molar-refractivity contribution < 1.29 is 4.74 Å². The lowest BCUT2D eigenvalue weighted by Crippen LogP contribution is -2.43. The molecular formula is C16H26N2O. The normalized spacial score (nSPS) is 19.3. The highest BCUT2D eigenvalue weighted by molar-refractivity contribution is 5.35. The maximum absolute atomic E-state index is 5.44. The number of hydrogen-bond acceptors (Lipinski definition) is 3. The zero-order valence-electron chi connectivity index (χ0n) is 12.4. The second kappa shape index (κ2) is 6.92. The number of piperidine rings is 1. The van der Waals surface area contributed by atoms with Gasteiger partial charge in [0, 0.05) is 17.6 Å². The molecule has 3 heteroatoms. The van der Waals surface area contributed by atoms with Crippen molar-refractivity contribution in [1.29, 1.82) is 0 Å². The van der Waals surface area contributed by atoms with E-state index in [2.05, 4.69) is 36.2 Å². The molecule has 1 N–H and O–H groups in total. The van der Waals surface area contributed by atoms with Crippen LogP contribution >= 0.6 is 0 Å². The van der Waals surface area contributed by atoms with Crippen molar-refractivity contribution in [3.8, 4) is 5.75 Å². The number of para-hydroxylation sites is 1. The Morgan fingerprint density at radius 2 is 2.00 bits per heavy atom. The zero-order valence-corrected chi connectivity index (χ0v) is 12.4. The summed E-state index contributed by atoms with van der Waals surface area (Å²) in [7, 11) is 1.74. The van der Waals surface area contributed by atoms with Crippen LogP contribution in [0, 0.1) is 0 Å². The van der Waals surface area contributed by atoms with Crippen LogP contribution in [0.5, 0.6) is 5.75 Å². The van der Waals surface area contributed by atoms with Crippen LogP contribution in [0.15, 0.2) is 24.3 Å². The summed E-state index contributed by atoms with van der Waals surface area (Å²) in [4.78, 5) is 2.52. The van der Waals surface area contributed by atoms with E-state index in [0.29, 0.717) is 12.1 Å². The van der Waals surface area contributed by atoms with Crippen molar-refractivity contribution in [3.05, 3.63) is 29.8 Å². The summed E-state index contributed by atoms with van der Waals surface area (Å²) in [6.45, 7) is 8.07. The molecule has 1 heterocycles. The molecule has 0 amide bonds. The number of hydrogen-bond donors (Lipinski definition) is 1. The minimum Gasteiger partial charge on any atom is -0.496 e. The Hall–Kier alpha value is -1.06. The van der Waals surface area contributed by atoms with E-state index in [4.69, 9.17) is 4.74 Å². The van der Waals surface area contributed by atoms with Gasteiger partial charge in [-0.2, -0.15) is 0 Å². The van der Waals surface area contributed by atoms with Gasteiger partial charge in [-0.3, -0.25) is 0 Å². The SMILES string of the molecule is CCN1CCC(N[C@H](C)c2ccccc2OC)CC1. The van der Waals surface area contributed by atoms with Crippen LogP contribution < -0.4 is 10.1 Å². The first-order chi connectivity index (χ1) is 9.24. The van der Waals surface area contributed by atoms with Gasteiger partial charge in [-0.15, -0.1) is 0 Å². The summed E-state index contributed by atoms with van der Waals surface area (Å²) in [6, 6.07) is 9.26. The molecule has 0 aliphatic carbocycles. The van der Waals surface area contributed by atoms with Gasteiger partial charge in [0.2, 0.25) is 0 Å². The van der Waals surface area contributed by atoms with Crippen molar-refractivity contribution in [2.45, 2.75) is 38.8 Å². The molecule has 0 radical (unpaired) electrons. The number of benzene rings is 1. The van der Waals surface area contributed by atoms with Crippen LogP contribution in [0.25, 0.3) is 0 Å². The topological polar surface area (TPSA) is 24.5 Å². The molecule has 1 aliphatic heterocycles. The molecule has 1 atom stereocenters. The Morgan fingerprint density at radius 3 is 2.63 bits per heavy atom. The van der Waals surface area contributed by atoms with E-state index >= 15 is 0 Å². The summed E-state index contributed by atoms with van der Waals surface area (Å²) < 4.78 is 5.44. The third-order valence-corrected chi connectivity index (χ3v) is 4.13. The molecule has 3 nitrogen and oxygen atoms in total. The third-order valence-electron chi connectivity index (χ3n) is 4.13. The van der Waals surface area contributed by atoms with Gasteiger partial charge in [0.1, 0.15) is 5.75 Å². The van der Waals surface area contributed by atoms with Gasteiger partial charge in [0.25, 0.3) is 0 Å². The maximum Gasteiger partial charge on any atom is 0.123 e. The van der Waals surface area contributed by atoms with Crippen LogP contribution in [0.4, 0.5) is 0 Å². The second-order valence-electron chi connectivity index (χ2n) is 5.34. The Balaban J connectivity index is 1.92. The highest BCUT2D eigenvalue weighted by atomic mass is 16.5. The molecule has 0 unspecified atom stereocenters. The molecule has 0 saturated carbocycles. The smallest absolute Gasteiger partial charge is 0.123 e. The number of nitrogens with zero attached hydrogens (tertiary/aromatic N) is 1. The number of likely N-dealkylation sites (tertiary alicyclic amines) is 1. The van der Waals surface area contributed by atoms with Gasteiger partial charge in [0.15, 0.2) is 0 Å². The van der Waals surface area contributed by atoms with Crippen molar-refractivity contribution in [2.24, 2.45) is 0 Å². The summed E-state index contributed by atoms with van der Waals surface area (Å²) in [5.41, 5.74) is 1.25. The second-order valence-corrected chi connectivity index (χ2v) is 5.34. The lowest BCUT2D eigenvalue weighted by molar-refractivity contribution is 0.200. The van der Waals surface area contributed by atoms with E-state index < -0.39 is 0 Å².